The maximum atomic E-state index is 13.5. The number of oxazole rings is 1. The SMILES string of the molecule is COc1cc2nc([C@H]3CC[C@H](CN4CCC(CCNc5cccc6c5C(=O)N(C5CCC(=O)NC5O)C6=O)CC4)CC3)oc2cc1NC(=O)c1cnn2cccnc12. The monoisotopic (exact) mass is 789 g/mol. The Balaban J connectivity index is 0.735. The summed E-state index contributed by atoms with van der Waals surface area (Å²) < 4.78 is 13.5. The Morgan fingerprint density at radius 2 is 1.83 bits per heavy atom. The number of fused-ring (bicyclic) bond motifs is 3. The van der Waals surface area contributed by atoms with Crippen LogP contribution in [0.4, 0.5) is 11.4 Å². The number of benzene rings is 2. The number of piperidine rings is 2. The van der Waals surface area contributed by atoms with Crippen molar-refractivity contribution in [2.45, 2.75) is 76.0 Å². The molecule has 2 aromatic carbocycles. The molecule has 3 aliphatic heterocycles. The van der Waals surface area contributed by atoms with Gasteiger partial charge in [-0.15, -0.1) is 0 Å². The van der Waals surface area contributed by atoms with Crippen LogP contribution in [0.1, 0.15) is 101 Å². The highest BCUT2D eigenvalue weighted by Crippen LogP contribution is 2.39. The molecule has 5 aromatic rings. The van der Waals surface area contributed by atoms with Gasteiger partial charge < -0.3 is 35.1 Å². The van der Waals surface area contributed by atoms with Crippen molar-refractivity contribution < 1.29 is 33.4 Å². The van der Waals surface area contributed by atoms with E-state index >= 15 is 0 Å². The summed E-state index contributed by atoms with van der Waals surface area (Å²) in [6, 6.07) is 9.78. The molecule has 6 heterocycles. The molecule has 3 fully saturated rings. The Hall–Kier alpha value is -5.87. The van der Waals surface area contributed by atoms with Crippen LogP contribution >= 0.6 is 0 Å². The number of likely N-dealkylation sites (tertiary alicyclic amines) is 1. The number of hydrogen-bond donors (Lipinski definition) is 4. The molecule has 2 atom stereocenters. The van der Waals surface area contributed by atoms with Gasteiger partial charge in [0.15, 0.2) is 17.1 Å². The number of aromatic nitrogens is 4. The summed E-state index contributed by atoms with van der Waals surface area (Å²) in [6.45, 7) is 3.91. The van der Waals surface area contributed by atoms with Crippen molar-refractivity contribution in [1.29, 1.82) is 0 Å². The number of nitrogens with zero attached hydrogens (tertiary/aromatic N) is 6. The Morgan fingerprint density at radius 1 is 1.00 bits per heavy atom. The van der Waals surface area contributed by atoms with Crippen molar-refractivity contribution in [3.05, 3.63) is 77.6 Å². The number of ether oxygens (including phenoxy) is 1. The smallest absolute Gasteiger partial charge is 0.264 e. The van der Waals surface area contributed by atoms with Crippen LogP contribution in [0.15, 0.2) is 59.4 Å². The molecular weight excluding hydrogens is 743 g/mol. The molecule has 1 saturated carbocycles. The molecule has 2 unspecified atom stereocenters. The zero-order valence-corrected chi connectivity index (χ0v) is 32.4. The van der Waals surface area contributed by atoms with E-state index in [1.54, 1.807) is 54.4 Å². The number of methoxy groups -OCH3 is 1. The van der Waals surface area contributed by atoms with Gasteiger partial charge in [0.05, 0.1) is 36.2 Å². The van der Waals surface area contributed by atoms with E-state index in [2.05, 4.69) is 30.9 Å². The number of nitrogens with one attached hydrogen (secondary N) is 3. The fourth-order valence-electron chi connectivity index (χ4n) is 9.21. The van der Waals surface area contributed by atoms with Gasteiger partial charge in [-0.3, -0.25) is 24.1 Å². The predicted octanol–water partition coefficient (Wildman–Crippen LogP) is 4.81. The second-order valence-corrected chi connectivity index (χ2v) is 16.0. The molecule has 58 heavy (non-hydrogen) atoms. The molecule has 0 spiro atoms. The molecule has 2 saturated heterocycles. The molecule has 0 bridgehead atoms. The quantitative estimate of drug-likeness (QED) is 0.134. The average molecular weight is 790 g/mol. The van der Waals surface area contributed by atoms with Crippen LogP contribution in [0.2, 0.25) is 0 Å². The number of imide groups is 1. The van der Waals surface area contributed by atoms with Gasteiger partial charge >= 0.3 is 0 Å². The average Bonchev–Trinajstić information content (AvgIpc) is 3.93. The van der Waals surface area contributed by atoms with Crippen molar-refractivity contribution in [3.8, 4) is 5.75 Å². The van der Waals surface area contributed by atoms with Crippen LogP contribution in [-0.4, -0.2) is 104 Å². The van der Waals surface area contributed by atoms with Gasteiger partial charge in [-0.2, -0.15) is 5.10 Å². The van der Waals surface area contributed by atoms with Crippen LogP contribution in [-0.2, 0) is 4.79 Å². The first-order chi connectivity index (χ1) is 28.2. The molecule has 16 nitrogen and oxygen atoms in total. The van der Waals surface area contributed by atoms with Crippen molar-refractivity contribution in [3.63, 3.8) is 0 Å². The van der Waals surface area contributed by atoms with Crippen LogP contribution < -0.4 is 20.7 Å². The van der Waals surface area contributed by atoms with E-state index < -0.39 is 24.1 Å². The highest BCUT2D eigenvalue weighted by Gasteiger charge is 2.45. The fraction of sp³-hybridized carbons (Fsp3) is 0.452. The van der Waals surface area contributed by atoms with Crippen LogP contribution in [0.5, 0.6) is 5.75 Å². The highest BCUT2D eigenvalue weighted by molar-refractivity contribution is 6.24. The Kier molecular flexibility index (Phi) is 10.3. The molecule has 1 aliphatic carbocycles. The number of anilines is 2. The summed E-state index contributed by atoms with van der Waals surface area (Å²) in [5, 5.41) is 23.4. The summed E-state index contributed by atoms with van der Waals surface area (Å²) in [5.74, 6) is 1.14. The fourth-order valence-corrected chi connectivity index (χ4v) is 9.21. The summed E-state index contributed by atoms with van der Waals surface area (Å²) >= 11 is 0. The first-order valence-electron chi connectivity index (χ1n) is 20.3. The lowest BCUT2D eigenvalue weighted by molar-refractivity contribution is -0.129. The maximum Gasteiger partial charge on any atom is 0.264 e. The van der Waals surface area contributed by atoms with Gasteiger partial charge in [-0.1, -0.05) is 6.07 Å². The number of rotatable bonds is 11. The van der Waals surface area contributed by atoms with Crippen LogP contribution in [0.25, 0.3) is 16.7 Å². The third-order valence-corrected chi connectivity index (χ3v) is 12.4. The summed E-state index contributed by atoms with van der Waals surface area (Å²) in [6.07, 6.45) is 11.4. The van der Waals surface area contributed by atoms with E-state index in [4.69, 9.17) is 14.1 Å². The van der Waals surface area contributed by atoms with E-state index in [-0.39, 0.29) is 30.6 Å². The van der Waals surface area contributed by atoms with Gasteiger partial charge in [0, 0.05) is 55.6 Å². The van der Waals surface area contributed by atoms with E-state index in [0.717, 1.165) is 75.4 Å². The van der Waals surface area contributed by atoms with Crippen molar-refractivity contribution in [2.24, 2.45) is 11.8 Å². The van der Waals surface area contributed by atoms with Crippen molar-refractivity contribution in [2.75, 3.05) is 43.9 Å². The molecule has 302 valence electrons. The van der Waals surface area contributed by atoms with E-state index in [1.807, 2.05) is 6.07 Å². The second kappa shape index (κ2) is 15.8. The first kappa shape index (κ1) is 37.7. The Morgan fingerprint density at radius 3 is 2.62 bits per heavy atom. The van der Waals surface area contributed by atoms with Crippen molar-refractivity contribution >= 4 is 51.8 Å². The number of aliphatic hydroxyl groups is 1. The maximum absolute atomic E-state index is 13.5. The van der Waals surface area contributed by atoms with Gasteiger partial charge in [-0.25, -0.2) is 14.5 Å². The molecule has 4 N–H and O–H groups in total. The number of amides is 4. The van der Waals surface area contributed by atoms with E-state index in [9.17, 15) is 24.3 Å². The predicted molar refractivity (Wildman–Crippen MR) is 213 cm³/mol. The zero-order chi connectivity index (χ0) is 39.9. The number of hydrogen-bond acceptors (Lipinski definition) is 12. The molecule has 16 heteroatoms. The second-order valence-electron chi connectivity index (χ2n) is 16.0. The van der Waals surface area contributed by atoms with Crippen LogP contribution in [0, 0.1) is 11.8 Å². The number of carbonyl (C=O) groups is 4. The Bertz CT molecular complexity index is 2380. The van der Waals surface area contributed by atoms with Gasteiger partial charge in [0.2, 0.25) is 5.91 Å². The molecule has 3 aromatic heterocycles. The Labute approximate surface area is 334 Å². The molecule has 9 rings (SSSR count). The summed E-state index contributed by atoms with van der Waals surface area (Å²) in [4.78, 5) is 64.4. The van der Waals surface area contributed by atoms with Gasteiger partial charge in [0.25, 0.3) is 17.7 Å². The molecular formula is C42H47N9O7. The third-order valence-electron chi connectivity index (χ3n) is 12.4. The highest BCUT2D eigenvalue weighted by atomic mass is 16.5. The minimum atomic E-state index is -1.28. The van der Waals surface area contributed by atoms with E-state index in [0.29, 0.717) is 68.9 Å². The summed E-state index contributed by atoms with van der Waals surface area (Å²) in [7, 11) is 1.56. The normalized spacial score (nSPS) is 23.0. The molecule has 4 aliphatic rings. The number of carbonyl (C=O) groups excluding carboxylic acids is 4. The number of aliphatic hydroxyl groups excluding tert-OH is 1. The zero-order valence-electron chi connectivity index (χ0n) is 32.4. The lowest BCUT2D eigenvalue weighted by Crippen LogP contribution is -2.57. The van der Waals surface area contributed by atoms with Crippen molar-refractivity contribution in [1.82, 2.24) is 34.7 Å². The molecule has 4 amide bonds. The lowest BCUT2D eigenvalue weighted by Gasteiger charge is -2.36. The largest absolute Gasteiger partial charge is 0.494 e. The topological polar surface area (TPSA) is 197 Å². The standard InChI is InChI=1S/C42H47N9O7/c1-57-33-20-31-34(21-30(33)46-38(53)28-22-45-50-17-3-15-44-37(28)50)58-40(47-31)26-8-6-25(7-9-26)23-49-18-13-24(14-19-49)12-16-43-29-5-2-4-27-36(29)42(56)51(41(27)55)32-10-11-35(52)48-39(32)54/h2-5,15,17,20-22,24-26,32,39,43,54H,6-14,16,18-19,23H2,1H3,(H,46,53)(H,48,52)/t25-,26-,32?,39?. The lowest BCUT2D eigenvalue weighted by atomic mass is 9.81. The minimum Gasteiger partial charge on any atom is -0.494 e. The van der Waals surface area contributed by atoms with E-state index in [1.165, 1.54) is 6.20 Å². The first-order valence-corrected chi connectivity index (χ1v) is 20.3. The van der Waals surface area contributed by atoms with Gasteiger partial charge in [-0.05, 0) is 94.5 Å². The molecule has 0 radical (unpaired) electrons. The van der Waals surface area contributed by atoms with Crippen LogP contribution in [0.3, 0.4) is 0 Å². The van der Waals surface area contributed by atoms with Gasteiger partial charge in [0.1, 0.15) is 23.1 Å². The summed E-state index contributed by atoms with van der Waals surface area (Å²) in [5.41, 5.74) is 3.89. The third kappa shape index (κ3) is 7.26. The minimum absolute atomic E-state index is 0.149.